The van der Waals surface area contributed by atoms with Crippen LogP contribution in [0.5, 0.6) is 0 Å². The Hall–Kier alpha value is -1.10. The average molecular weight is 257 g/mol. The van der Waals surface area contributed by atoms with Gasteiger partial charge in [-0.2, -0.15) is 0 Å². The Balaban J connectivity index is 2.69. The minimum atomic E-state index is -0.953. The predicted molar refractivity (Wildman–Crippen MR) is 67.3 cm³/mol. The second kappa shape index (κ2) is 6.18. The summed E-state index contributed by atoms with van der Waals surface area (Å²) in [5.41, 5.74) is -0.549. The molecule has 0 aromatic carbocycles. The van der Waals surface area contributed by atoms with Crippen LogP contribution in [0.3, 0.4) is 0 Å². The van der Waals surface area contributed by atoms with Crippen LogP contribution in [0.2, 0.25) is 0 Å². The van der Waals surface area contributed by atoms with Gasteiger partial charge in [-0.05, 0) is 26.7 Å². The Morgan fingerprint density at radius 3 is 2.33 bits per heavy atom. The fourth-order valence-corrected chi connectivity index (χ4v) is 2.32. The van der Waals surface area contributed by atoms with E-state index in [9.17, 15) is 9.59 Å². The number of rotatable bonds is 6. The van der Waals surface area contributed by atoms with Crippen molar-refractivity contribution in [2.75, 3.05) is 13.7 Å². The maximum atomic E-state index is 12.2. The van der Waals surface area contributed by atoms with Crippen molar-refractivity contribution in [1.29, 1.82) is 0 Å². The number of hydrogen-bond donors (Lipinski definition) is 1. The predicted octanol–water partition coefficient (Wildman–Crippen LogP) is 1.66. The number of hydrogen-bond acceptors (Lipinski definition) is 3. The molecule has 0 heterocycles. The standard InChI is InChI=1S/C13H23NO4/c1-13(2,18-3)8-11(15)14(9-12(16)17)10-6-4-5-7-10/h10H,4-9H2,1-3H3,(H,16,17). The normalized spacial score (nSPS) is 16.8. The summed E-state index contributed by atoms with van der Waals surface area (Å²) < 4.78 is 5.23. The molecule has 5 heteroatoms. The van der Waals surface area contributed by atoms with E-state index in [0.717, 1.165) is 25.7 Å². The molecular weight excluding hydrogens is 234 g/mol. The Morgan fingerprint density at radius 2 is 1.89 bits per heavy atom. The first-order chi connectivity index (χ1) is 8.35. The summed E-state index contributed by atoms with van der Waals surface area (Å²) in [6, 6.07) is 0.0845. The molecule has 18 heavy (non-hydrogen) atoms. The third-order valence-corrected chi connectivity index (χ3v) is 3.52. The Labute approximate surface area is 108 Å². The van der Waals surface area contributed by atoms with Gasteiger partial charge in [-0.15, -0.1) is 0 Å². The van der Waals surface area contributed by atoms with Gasteiger partial charge in [0.05, 0.1) is 12.0 Å². The maximum Gasteiger partial charge on any atom is 0.323 e. The third-order valence-electron chi connectivity index (χ3n) is 3.52. The van der Waals surface area contributed by atoms with Crippen molar-refractivity contribution >= 4 is 11.9 Å². The number of methoxy groups -OCH3 is 1. The molecule has 0 atom stereocenters. The zero-order chi connectivity index (χ0) is 13.8. The molecular formula is C13H23NO4. The van der Waals surface area contributed by atoms with Gasteiger partial charge in [-0.3, -0.25) is 9.59 Å². The largest absolute Gasteiger partial charge is 0.480 e. The third kappa shape index (κ3) is 4.29. The van der Waals surface area contributed by atoms with Gasteiger partial charge in [0, 0.05) is 13.2 Å². The number of carbonyl (C=O) groups excluding carboxylic acids is 1. The summed E-state index contributed by atoms with van der Waals surface area (Å²) in [6.45, 7) is 3.46. The molecule has 0 radical (unpaired) electrons. The van der Waals surface area contributed by atoms with Crippen LogP contribution in [0.4, 0.5) is 0 Å². The molecule has 1 amide bonds. The minimum absolute atomic E-state index is 0.0845. The monoisotopic (exact) mass is 257 g/mol. The summed E-state index contributed by atoms with van der Waals surface area (Å²) in [7, 11) is 1.56. The van der Waals surface area contributed by atoms with Crippen molar-refractivity contribution in [1.82, 2.24) is 4.90 Å². The van der Waals surface area contributed by atoms with Crippen LogP contribution in [-0.2, 0) is 14.3 Å². The highest BCUT2D eigenvalue weighted by Crippen LogP contribution is 2.25. The van der Waals surface area contributed by atoms with Gasteiger partial charge in [-0.25, -0.2) is 0 Å². The number of ether oxygens (including phenoxy) is 1. The molecule has 0 bridgehead atoms. The zero-order valence-electron chi connectivity index (χ0n) is 11.4. The molecule has 0 spiro atoms. The molecule has 1 aliphatic carbocycles. The van der Waals surface area contributed by atoms with Gasteiger partial charge in [0.2, 0.25) is 5.91 Å². The van der Waals surface area contributed by atoms with Gasteiger partial charge in [0.25, 0.3) is 0 Å². The van der Waals surface area contributed by atoms with Crippen molar-refractivity contribution in [3.8, 4) is 0 Å². The van der Waals surface area contributed by atoms with Crippen molar-refractivity contribution in [3.05, 3.63) is 0 Å². The van der Waals surface area contributed by atoms with Gasteiger partial charge in [0.1, 0.15) is 6.54 Å². The molecule has 1 N–H and O–H groups in total. The van der Waals surface area contributed by atoms with Crippen LogP contribution >= 0.6 is 0 Å². The summed E-state index contributed by atoms with van der Waals surface area (Å²) in [4.78, 5) is 24.6. The molecule has 0 saturated heterocycles. The van der Waals surface area contributed by atoms with E-state index < -0.39 is 11.6 Å². The summed E-state index contributed by atoms with van der Waals surface area (Å²) >= 11 is 0. The fourth-order valence-electron chi connectivity index (χ4n) is 2.32. The summed E-state index contributed by atoms with van der Waals surface area (Å²) in [6.07, 6.45) is 4.18. The van der Waals surface area contributed by atoms with Gasteiger partial charge >= 0.3 is 5.97 Å². The van der Waals surface area contributed by atoms with Crippen LogP contribution in [0, 0.1) is 0 Å². The van der Waals surface area contributed by atoms with Crippen molar-refractivity contribution in [3.63, 3.8) is 0 Å². The fraction of sp³-hybridized carbons (Fsp3) is 0.846. The first-order valence-electron chi connectivity index (χ1n) is 6.42. The van der Waals surface area contributed by atoms with Crippen molar-refractivity contribution in [2.24, 2.45) is 0 Å². The van der Waals surface area contributed by atoms with Crippen LogP contribution in [0.1, 0.15) is 46.0 Å². The number of aliphatic carboxylic acids is 1. The first kappa shape index (κ1) is 15.0. The molecule has 1 saturated carbocycles. The second-order valence-corrected chi connectivity index (χ2v) is 5.49. The molecule has 5 nitrogen and oxygen atoms in total. The molecule has 0 aromatic heterocycles. The highest BCUT2D eigenvalue weighted by atomic mass is 16.5. The molecule has 0 aliphatic heterocycles. The number of carboxylic acids is 1. The molecule has 104 valence electrons. The van der Waals surface area contributed by atoms with Crippen molar-refractivity contribution < 1.29 is 19.4 Å². The van der Waals surface area contributed by atoms with Crippen LogP contribution in [0.25, 0.3) is 0 Å². The molecule has 0 aromatic rings. The lowest BCUT2D eigenvalue weighted by Crippen LogP contribution is -2.45. The van der Waals surface area contributed by atoms with E-state index in [1.165, 1.54) is 4.90 Å². The molecule has 1 rings (SSSR count). The van der Waals surface area contributed by atoms with E-state index in [-0.39, 0.29) is 24.9 Å². The SMILES string of the molecule is COC(C)(C)CC(=O)N(CC(=O)O)C1CCCC1. The molecule has 1 aliphatic rings. The van der Waals surface area contributed by atoms with Gasteiger partial charge in [-0.1, -0.05) is 12.8 Å². The number of nitrogens with zero attached hydrogens (tertiary/aromatic N) is 1. The van der Waals surface area contributed by atoms with E-state index in [2.05, 4.69) is 0 Å². The maximum absolute atomic E-state index is 12.2. The Bertz CT molecular complexity index is 308. The highest BCUT2D eigenvalue weighted by molar-refractivity contribution is 5.82. The summed E-state index contributed by atoms with van der Waals surface area (Å²) in [5.74, 6) is -1.08. The van der Waals surface area contributed by atoms with Crippen LogP contribution < -0.4 is 0 Å². The van der Waals surface area contributed by atoms with Crippen LogP contribution in [0.15, 0.2) is 0 Å². The topological polar surface area (TPSA) is 66.8 Å². The lowest BCUT2D eigenvalue weighted by Gasteiger charge is -2.31. The van der Waals surface area contributed by atoms with Crippen LogP contribution in [-0.4, -0.2) is 47.2 Å². The number of amides is 1. The average Bonchev–Trinajstić information content (AvgIpc) is 2.78. The molecule has 1 fully saturated rings. The summed E-state index contributed by atoms with van der Waals surface area (Å²) in [5, 5.41) is 8.92. The van der Waals surface area contributed by atoms with E-state index >= 15 is 0 Å². The quantitative estimate of drug-likeness (QED) is 0.785. The van der Waals surface area contributed by atoms with Gasteiger partial charge in [0.15, 0.2) is 0 Å². The first-order valence-corrected chi connectivity index (χ1v) is 6.42. The van der Waals surface area contributed by atoms with E-state index in [0.29, 0.717) is 0 Å². The minimum Gasteiger partial charge on any atom is -0.480 e. The lowest BCUT2D eigenvalue weighted by molar-refractivity contribution is -0.148. The Kier molecular flexibility index (Phi) is 5.14. The van der Waals surface area contributed by atoms with E-state index in [4.69, 9.17) is 9.84 Å². The zero-order valence-corrected chi connectivity index (χ0v) is 11.4. The van der Waals surface area contributed by atoms with Gasteiger partial charge < -0.3 is 14.7 Å². The highest BCUT2D eigenvalue weighted by Gasteiger charge is 2.31. The van der Waals surface area contributed by atoms with E-state index in [1.54, 1.807) is 7.11 Å². The second-order valence-electron chi connectivity index (χ2n) is 5.49. The Morgan fingerprint density at radius 1 is 1.33 bits per heavy atom. The smallest absolute Gasteiger partial charge is 0.323 e. The van der Waals surface area contributed by atoms with Crippen molar-refractivity contribution in [2.45, 2.75) is 57.6 Å². The number of carbonyl (C=O) groups is 2. The lowest BCUT2D eigenvalue weighted by atomic mass is 10.0. The molecule has 0 unspecified atom stereocenters. The number of carboxylic acid groups (broad SMARTS) is 1. The van der Waals surface area contributed by atoms with E-state index in [1.807, 2.05) is 13.8 Å².